The maximum absolute atomic E-state index is 12.6. The van der Waals surface area contributed by atoms with Crippen molar-refractivity contribution in [1.82, 2.24) is 5.32 Å². The molecular formula is C18H20N2O4. The van der Waals surface area contributed by atoms with Crippen molar-refractivity contribution in [1.29, 1.82) is 0 Å². The van der Waals surface area contributed by atoms with Gasteiger partial charge in [0.2, 0.25) is 11.8 Å². The highest BCUT2D eigenvalue weighted by Gasteiger charge is 2.37. The first-order valence-electron chi connectivity index (χ1n) is 7.82. The molecule has 0 saturated carbocycles. The molecule has 1 aliphatic heterocycles. The van der Waals surface area contributed by atoms with Crippen LogP contribution in [0.4, 0.5) is 5.69 Å². The molecule has 3 rings (SSSR count). The number of anilines is 1. The zero-order chi connectivity index (χ0) is 17.3. The summed E-state index contributed by atoms with van der Waals surface area (Å²) in [5.41, 5.74) is 0.416. The van der Waals surface area contributed by atoms with Crippen molar-refractivity contribution >= 4 is 17.5 Å². The van der Waals surface area contributed by atoms with Gasteiger partial charge in [0.15, 0.2) is 0 Å². The number of carbonyl (C=O) groups is 2. The lowest BCUT2D eigenvalue weighted by atomic mass is 10.0. The fourth-order valence-electron chi connectivity index (χ4n) is 3.03. The summed E-state index contributed by atoms with van der Waals surface area (Å²) >= 11 is 0. The lowest BCUT2D eigenvalue weighted by Crippen LogP contribution is -2.50. The first-order valence-corrected chi connectivity index (χ1v) is 7.82. The molecule has 2 heterocycles. The molecule has 1 aromatic heterocycles. The van der Waals surface area contributed by atoms with Crippen LogP contribution in [0.1, 0.15) is 25.2 Å². The molecule has 2 atom stereocenters. The maximum Gasteiger partial charge on any atom is 0.243 e. The monoisotopic (exact) mass is 328 g/mol. The molecule has 0 fully saturated rings. The molecule has 126 valence electrons. The van der Waals surface area contributed by atoms with E-state index in [1.807, 2.05) is 24.3 Å². The number of carbonyl (C=O) groups excluding carboxylic acids is 2. The number of hydrogen-bond acceptors (Lipinski definition) is 4. The Hall–Kier alpha value is -2.60. The van der Waals surface area contributed by atoms with E-state index in [9.17, 15) is 14.7 Å². The van der Waals surface area contributed by atoms with Gasteiger partial charge in [-0.05, 0) is 30.7 Å². The normalized spacial score (nSPS) is 18.8. The first kappa shape index (κ1) is 16.3. The van der Waals surface area contributed by atoms with Crippen LogP contribution in [0, 0.1) is 0 Å². The van der Waals surface area contributed by atoms with Crippen LogP contribution in [0.5, 0.6) is 0 Å². The quantitative estimate of drug-likeness (QED) is 0.893. The minimum atomic E-state index is -1.31. The third kappa shape index (κ3) is 2.92. The van der Waals surface area contributed by atoms with Crippen LogP contribution in [-0.2, 0) is 21.6 Å². The number of furan rings is 1. The molecule has 6 heteroatoms. The zero-order valence-electron chi connectivity index (χ0n) is 13.7. The van der Waals surface area contributed by atoms with Crippen molar-refractivity contribution in [2.75, 3.05) is 11.4 Å². The van der Waals surface area contributed by atoms with E-state index in [-0.39, 0.29) is 18.4 Å². The number of hydrogen-bond donors (Lipinski definition) is 2. The Morgan fingerprint density at radius 3 is 2.75 bits per heavy atom. The molecule has 24 heavy (non-hydrogen) atoms. The van der Waals surface area contributed by atoms with Crippen LogP contribution in [0.2, 0.25) is 0 Å². The van der Waals surface area contributed by atoms with E-state index in [0.29, 0.717) is 12.2 Å². The molecule has 2 N–H and O–H groups in total. The van der Waals surface area contributed by atoms with Crippen molar-refractivity contribution in [2.24, 2.45) is 0 Å². The number of amides is 2. The second-order valence-corrected chi connectivity index (χ2v) is 6.21. The van der Waals surface area contributed by atoms with E-state index in [2.05, 4.69) is 5.32 Å². The molecule has 6 nitrogen and oxygen atoms in total. The fraction of sp³-hybridized carbons (Fsp3) is 0.333. The molecule has 0 radical (unpaired) electrons. The van der Waals surface area contributed by atoms with Crippen molar-refractivity contribution < 1.29 is 19.1 Å². The number of benzene rings is 1. The third-order valence-electron chi connectivity index (χ3n) is 4.28. The number of rotatable bonds is 4. The maximum atomic E-state index is 12.6. The fourth-order valence-corrected chi connectivity index (χ4v) is 3.03. The molecule has 0 aliphatic carbocycles. The van der Waals surface area contributed by atoms with Crippen molar-refractivity contribution in [3.8, 4) is 0 Å². The van der Waals surface area contributed by atoms with Gasteiger partial charge < -0.3 is 14.8 Å². The Balaban J connectivity index is 1.73. The summed E-state index contributed by atoms with van der Waals surface area (Å²) in [4.78, 5) is 26.1. The van der Waals surface area contributed by atoms with Crippen LogP contribution in [0.3, 0.4) is 0 Å². The van der Waals surface area contributed by atoms with Gasteiger partial charge in [-0.1, -0.05) is 18.2 Å². The molecule has 0 bridgehead atoms. The van der Waals surface area contributed by atoms with E-state index in [0.717, 1.165) is 11.3 Å². The van der Waals surface area contributed by atoms with Gasteiger partial charge in [0.25, 0.3) is 0 Å². The number of fused-ring (bicyclic) bond motifs is 1. The number of aliphatic hydroxyl groups is 1. The Kier molecular flexibility index (Phi) is 4.15. The largest absolute Gasteiger partial charge is 0.466 e. The number of para-hydroxylation sites is 1. The summed E-state index contributed by atoms with van der Waals surface area (Å²) in [6.45, 7) is 3.01. The summed E-state index contributed by atoms with van der Waals surface area (Å²) in [5, 5.41) is 13.2. The van der Waals surface area contributed by atoms with Gasteiger partial charge in [-0.15, -0.1) is 0 Å². The van der Waals surface area contributed by atoms with Gasteiger partial charge in [0, 0.05) is 19.0 Å². The van der Waals surface area contributed by atoms with Crippen LogP contribution in [0.15, 0.2) is 47.1 Å². The van der Waals surface area contributed by atoms with Gasteiger partial charge in [-0.3, -0.25) is 14.5 Å². The molecule has 1 aromatic carbocycles. The van der Waals surface area contributed by atoms with Crippen LogP contribution >= 0.6 is 0 Å². The molecule has 1 aliphatic rings. The Morgan fingerprint density at radius 1 is 1.33 bits per heavy atom. The average molecular weight is 328 g/mol. The highest BCUT2D eigenvalue weighted by molar-refractivity contribution is 6.02. The smallest absolute Gasteiger partial charge is 0.243 e. The lowest BCUT2D eigenvalue weighted by molar-refractivity contribution is -0.126. The second-order valence-electron chi connectivity index (χ2n) is 6.21. The first-order chi connectivity index (χ1) is 11.4. The van der Waals surface area contributed by atoms with Crippen molar-refractivity contribution in [3.63, 3.8) is 0 Å². The molecular weight excluding hydrogens is 308 g/mol. The zero-order valence-corrected chi connectivity index (χ0v) is 13.7. The minimum absolute atomic E-state index is 0.00205. The summed E-state index contributed by atoms with van der Waals surface area (Å²) in [7, 11) is 0. The standard InChI is InChI=1S/C18H20N2O4/c1-12(21)20-14-7-4-3-6-13(14)10-15(20)17(22)19-11-18(2,23)16-8-5-9-24-16/h3-9,15,23H,10-11H2,1-2H3,(H,19,22)/t15-,18?/m0/s1. The highest BCUT2D eigenvalue weighted by atomic mass is 16.4. The molecule has 1 unspecified atom stereocenters. The van der Waals surface area contributed by atoms with Crippen LogP contribution in [0.25, 0.3) is 0 Å². The topological polar surface area (TPSA) is 82.8 Å². The number of nitrogens with one attached hydrogen (secondary N) is 1. The van der Waals surface area contributed by atoms with Crippen molar-refractivity contribution in [3.05, 3.63) is 54.0 Å². The van der Waals surface area contributed by atoms with Gasteiger partial charge in [0.05, 0.1) is 12.8 Å². The SMILES string of the molecule is CC(=O)N1c2ccccc2C[C@H]1C(=O)NCC(C)(O)c1ccco1. The van der Waals surface area contributed by atoms with E-state index in [1.54, 1.807) is 19.1 Å². The average Bonchev–Trinajstić information content (AvgIpc) is 3.20. The molecule has 0 saturated heterocycles. The van der Waals surface area contributed by atoms with E-state index < -0.39 is 11.6 Å². The van der Waals surface area contributed by atoms with Gasteiger partial charge in [0.1, 0.15) is 17.4 Å². The van der Waals surface area contributed by atoms with E-state index in [1.165, 1.54) is 18.1 Å². The predicted octanol–water partition coefficient (Wildman–Crippen LogP) is 1.58. The lowest BCUT2D eigenvalue weighted by Gasteiger charge is -2.26. The number of nitrogens with zero attached hydrogens (tertiary/aromatic N) is 1. The molecule has 2 amide bonds. The second kappa shape index (κ2) is 6.13. The van der Waals surface area contributed by atoms with Crippen LogP contribution in [-0.4, -0.2) is 29.5 Å². The van der Waals surface area contributed by atoms with Crippen molar-refractivity contribution in [2.45, 2.75) is 31.9 Å². The summed E-state index contributed by atoms with van der Waals surface area (Å²) in [6, 6.07) is 10.2. The minimum Gasteiger partial charge on any atom is -0.466 e. The Labute approximate surface area is 140 Å². The third-order valence-corrected chi connectivity index (χ3v) is 4.28. The molecule has 2 aromatic rings. The molecule has 0 spiro atoms. The van der Waals surface area contributed by atoms with Gasteiger partial charge in [-0.25, -0.2) is 0 Å². The van der Waals surface area contributed by atoms with Crippen LogP contribution < -0.4 is 10.2 Å². The summed E-state index contributed by atoms with van der Waals surface area (Å²) < 4.78 is 5.20. The Bertz CT molecular complexity index is 752. The predicted molar refractivity (Wildman–Crippen MR) is 88.4 cm³/mol. The Morgan fingerprint density at radius 2 is 2.08 bits per heavy atom. The summed E-state index contributed by atoms with van der Waals surface area (Å²) in [6.07, 6.45) is 1.93. The summed E-state index contributed by atoms with van der Waals surface area (Å²) in [5.74, 6) is -0.105. The van der Waals surface area contributed by atoms with E-state index >= 15 is 0 Å². The van der Waals surface area contributed by atoms with Gasteiger partial charge >= 0.3 is 0 Å². The van der Waals surface area contributed by atoms with E-state index in [4.69, 9.17) is 4.42 Å². The van der Waals surface area contributed by atoms with Gasteiger partial charge in [-0.2, -0.15) is 0 Å². The highest BCUT2D eigenvalue weighted by Crippen LogP contribution is 2.32.